The lowest BCUT2D eigenvalue weighted by atomic mass is 10.0. The normalized spacial score (nSPS) is 16.3. The second kappa shape index (κ2) is 9.79. The van der Waals surface area contributed by atoms with E-state index in [9.17, 15) is 22.8 Å². The first-order chi connectivity index (χ1) is 15.2. The standard InChI is InChI=1S/C21H23N3O7S/c1-3-30-20(26)19-13(2)23-21(27)24-17(19)12-31-18(25)11-22-32(28,29)16-9-8-14-6-4-5-7-15(14)10-16/h4-10,13,22H,3,11-12H2,1-2H3,(H2,23,24,27)/t13-/m1/s1. The summed E-state index contributed by atoms with van der Waals surface area (Å²) in [5, 5.41) is 6.57. The highest BCUT2D eigenvalue weighted by atomic mass is 32.2. The second-order valence-corrected chi connectivity index (χ2v) is 8.69. The minimum absolute atomic E-state index is 0.00995. The van der Waals surface area contributed by atoms with Gasteiger partial charge in [0.05, 0.1) is 28.8 Å². The molecule has 3 rings (SSSR count). The van der Waals surface area contributed by atoms with E-state index in [2.05, 4.69) is 15.4 Å². The zero-order valence-electron chi connectivity index (χ0n) is 17.5. The molecule has 32 heavy (non-hydrogen) atoms. The van der Waals surface area contributed by atoms with Crippen LogP contribution in [0.1, 0.15) is 13.8 Å². The predicted octanol–water partition coefficient (Wildman–Crippen LogP) is 1.18. The maximum Gasteiger partial charge on any atom is 0.338 e. The Labute approximate surface area is 185 Å². The van der Waals surface area contributed by atoms with Crippen LogP contribution in [0.2, 0.25) is 0 Å². The summed E-state index contributed by atoms with van der Waals surface area (Å²) in [6, 6.07) is 10.7. The van der Waals surface area contributed by atoms with Crippen molar-refractivity contribution in [1.82, 2.24) is 15.4 Å². The van der Waals surface area contributed by atoms with Crippen molar-refractivity contribution in [3.05, 3.63) is 53.7 Å². The Morgan fingerprint density at radius 1 is 1.09 bits per heavy atom. The molecule has 0 bridgehead atoms. The van der Waals surface area contributed by atoms with Crippen molar-refractivity contribution in [3.8, 4) is 0 Å². The summed E-state index contributed by atoms with van der Waals surface area (Å²) in [4.78, 5) is 36.0. The average Bonchev–Trinajstić information content (AvgIpc) is 2.75. The Bertz CT molecular complexity index is 1190. The van der Waals surface area contributed by atoms with Crippen LogP contribution in [0.3, 0.4) is 0 Å². The van der Waals surface area contributed by atoms with Gasteiger partial charge in [-0.1, -0.05) is 30.3 Å². The molecule has 0 aromatic heterocycles. The fourth-order valence-corrected chi connectivity index (χ4v) is 4.17. The molecule has 1 aliphatic heterocycles. The van der Waals surface area contributed by atoms with Gasteiger partial charge in [-0.2, -0.15) is 4.72 Å². The average molecular weight is 461 g/mol. The molecule has 2 aromatic carbocycles. The van der Waals surface area contributed by atoms with Crippen molar-refractivity contribution >= 4 is 38.8 Å². The summed E-state index contributed by atoms with van der Waals surface area (Å²) in [5.74, 6) is -1.54. The molecule has 10 nitrogen and oxygen atoms in total. The van der Waals surface area contributed by atoms with Gasteiger partial charge < -0.3 is 20.1 Å². The monoisotopic (exact) mass is 461 g/mol. The third-order valence-corrected chi connectivity index (χ3v) is 6.08. The van der Waals surface area contributed by atoms with Crippen LogP contribution in [-0.4, -0.2) is 52.2 Å². The van der Waals surface area contributed by atoms with Crippen molar-refractivity contribution in [2.45, 2.75) is 24.8 Å². The van der Waals surface area contributed by atoms with Gasteiger partial charge in [-0.3, -0.25) is 4.79 Å². The molecule has 2 amide bonds. The molecule has 170 valence electrons. The second-order valence-electron chi connectivity index (χ2n) is 6.93. The molecule has 0 spiro atoms. The van der Waals surface area contributed by atoms with Gasteiger partial charge in [0.1, 0.15) is 13.2 Å². The Morgan fingerprint density at radius 3 is 2.53 bits per heavy atom. The van der Waals surface area contributed by atoms with Crippen molar-refractivity contribution in [2.24, 2.45) is 0 Å². The van der Waals surface area contributed by atoms with Gasteiger partial charge in [0.25, 0.3) is 0 Å². The molecule has 0 fully saturated rings. The summed E-state index contributed by atoms with van der Waals surface area (Å²) in [5.41, 5.74) is 0.196. The van der Waals surface area contributed by atoms with E-state index in [4.69, 9.17) is 9.47 Å². The van der Waals surface area contributed by atoms with Gasteiger partial charge in [-0.25, -0.2) is 18.0 Å². The number of fused-ring (bicyclic) bond motifs is 1. The number of esters is 2. The number of carbonyl (C=O) groups excluding carboxylic acids is 3. The Kier molecular flexibility index (Phi) is 7.11. The van der Waals surface area contributed by atoms with Crippen LogP contribution in [0, 0.1) is 0 Å². The van der Waals surface area contributed by atoms with Crippen molar-refractivity contribution < 1.29 is 32.3 Å². The minimum atomic E-state index is -3.96. The summed E-state index contributed by atoms with van der Waals surface area (Å²) >= 11 is 0. The van der Waals surface area contributed by atoms with Gasteiger partial charge >= 0.3 is 18.0 Å². The number of benzene rings is 2. The molecule has 1 atom stereocenters. The largest absolute Gasteiger partial charge is 0.463 e. The molecule has 2 aromatic rings. The predicted molar refractivity (Wildman–Crippen MR) is 115 cm³/mol. The van der Waals surface area contributed by atoms with E-state index in [1.54, 1.807) is 32.0 Å². The van der Waals surface area contributed by atoms with Crippen molar-refractivity contribution in [3.63, 3.8) is 0 Å². The molecule has 3 N–H and O–H groups in total. The molecule has 1 aliphatic rings. The highest BCUT2D eigenvalue weighted by Crippen LogP contribution is 2.19. The highest BCUT2D eigenvalue weighted by molar-refractivity contribution is 7.89. The third-order valence-electron chi connectivity index (χ3n) is 4.68. The van der Waals surface area contributed by atoms with Crippen LogP contribution in [0.15, 0.2) is 58.6 Å². The molecular formula is C21H23N3O7S. The number of rotatable bonds is 8. The van der Waals surface area contributed by atoms with E-state index in [1.165, 1.54) is 12.1 Å². The maximum absolute atomic E-state index is 12.5. The first-order valence-electron chi connectivity index (χ1n) is 9.83. The zero-order valence-corrected chi connectivity index (χ0v) is 18.3. The number of carbonyl (C=O) groups is 3. The Morgan fingerprint density at radius 2 is 1.81 bits per heavy atom. The zero-order chi connectivity index (χ0) is 23.3. The van der Waals surface area contributed by atoms with Crippen LogP contribution in [-0.2, 0) is 29.1 Å². The molecule has 1 heterocycles. The number of hydrogen-bond donors (Lipinski definition) is 3. The molecule has 0 radical (unpaired) electrons. The first-order valence-corrected chi connectivity index (χ1v) is 11.3. The van der Waals surface area contributed by atoms with Crippen molar-refractivity contribution in [2.75, 3.05) is 19.8 Å². The van der Waals surface area contributed by atoms with Gasteiger partial charge in [0.15, 0.2) is 0 Å². The van der Waals surface area contributed by atoms with Crippen LogP contribution < -0.4 is 15.4 Å². The van der Waals surface area contributed by atoms with E-state index in [0.29, 0.717) is 0 Å². The SMILES string of the molecule is CCOC(=O)C1=C(COC(=O)CNS(=O)(=O)c2ccc3ccccc3c2)NC(=O)N[C@@H]1C. The lowest BCUT2D eigenvalue weighted by Crippen LogP contribution is -2.50. The van der Waals surface area contributed by atoms with E-state index in [-0.39, 0.29) is 22.8 Å². The van der Waals surface area contributed by atoms with Crippen LogP contribution in [0.4, 0.5) is 4.79 Å². The minimum Gasteiger partial charge on any atom is -0.463 e. The van der Waals surface area contributed by atoms with E-state index < -0.39 is 47.2 Å². The number of amides is 2. The molecule has 11 heteroatoms. The van der Waals surface area contributed by atoms with Gasteiger partial charge in [0.2, 0.25) is 10.0 Å². The number of nitrogens with one attached hydrogen (secondary N) is 3. The van der Waals surface area contributed by atoms with Gasteiger partial charge in [0, 0.05) is 0 Å². The summed E-state index contributed by atoms with van der Waals surface area (Å²) < 4.78 is 37.3. The van der Waals surface area contributed by atoms with Gasteiger partial charge in [-0.15, -0.1) is 0 Å². The molecule has 0 unspecified atom stereocenters. The first kappa shape index (κ1) is 23.2. The third kappa shape index (κ3) is 5.42. The van der Waals surface area contributed by atoms with Crippen LogP contribution in [0.25, 0.3) is 10.8 Å². The number of sulfonamides is 1. The lowest BCUT2D eigenvalue weighted by Gasteiger charge is -2.26. The van der Waals surface area contributed by atoms with Crippen LogP contribution >= 0.6 is 0 Å². The molecular weight excluding hydrogens is 438 g/mol. The van der Waals surface area contributed by atoms with E-state index in [1.807, 2.05) is 12.1 Å². The topological polar surface area (TPSA) is 140 Å². The Balaban J connectivity index is 1.64. The molecule has 0 aliphatic carbocycles. The van der Waals surface area contributed by atoms with E-state index >= 15 is 0 Å². The molecule has 0 saturated carbocycles. The number of hydrogen-bond acceptors (Lipinski definition) is 7. The highest BCUT2D eigenvalue weighted by Gasteiger charge is 2.30. The lowest BCUT2D eigenvalue weighted by molar-refractivity contribution is -0.142. The van der Waals surface area contributed by atoms with Gasteiger partial charge in [-0.05, 0) is 36.8 Å². The fourth-order valence-electron chi connectivity index (χ4n) is 3.17. The van der Waals surface area contributed by atoms with Crippen LogP contribution in [0.5, 0.6) is 0 Å². The van der Waals surface area contributed by atoms with E-state index in [0.717, 1.165) is 10.8 Å². The summed E-state index contributed by atoms with van der Waals surface area (Å²) in [7, 11) is -3.96. The molecule has 0 saturated heterocycles. The quantitative estimate of drug-likeness (QED) is 0.502. The fraction of sp³-hybridized carbons (Fsp3) is 0.286. The maximum atomic E-state index is 12.5. The van der Waals surface area contributed by atoms with Crippen molar-refractivity contribution in [1.29, 1.82) is 0 Å². The Hall–Kier alpha value is -3.44. The summed E-state index contributed by atoms with van der Waals surface area (Å²) in [6.45, 7) is 2.30. The smallest absolute Gasteiger partial charge is 0.338 e. The number of ether oxygens (including phenoxy) is 2. The number of urea groups is 1. The summed E-state index contributed by atoms with van der Waals surface area (Å²) in [6.07, 6.45) is 0.